The Balaban J connectivity index is 1.10. The molecule has 0 aliphatic rings. The second kappa shape index (κ2) is 13.6. The lowest BCUT2D eigenvalue weighted by Gasteiger charge is -2.14. The molecule has 57 heavy (non-hydrogen) atoms. The van der Waals surface area contributed by atoms with Gasteiger partial charge in [-0.05, 0) is 55.6 Å². The first kappa shape index (κ1) is 32.7. The van der Waals surface area contributed by atoms with Gasteiger partial charge in [0.05, 0.1) is 11.0 Å². The quantitative estimate of drug-likeness (QED) is 0.171. The molecule has 9 aromatic carbocycles. The van der Waals surface area contributed by atoms with Crippen LogP contribution in [-0.2, 0) is 0 Å². The molecule has 0 saturated heterocycles. The maximum atomic E-state index is 5.29. The van der Waals surface area contributed by atoms with E-state index in [0.29, 0.717) is 17.6 Å². The van der Waals surface area contributed by atoms with Gasteiger partial charge >= 0.3 is 0 Å². The van der Waals surface area contributed by atoms with Crippen LogP contribution in [0.2, 0.25) is 0 Å². The van der Waals surface area contributed by atoms with E-state index in [1.165, 1.54) is 38.4 Å². The second-order valence-corrected chi connectivity index (χ2v) is 14.4. The number of hydrogen-bond donors (Lipinski definition) is 0. The molecule has 0 N–H and O–H groups in total. The van der Waals surface area contributed by atoms with Gasteiger partial charge in [-0.3, -0.25) is 4.57 Å². The van der Waals surface area contributed by atoms with E-state index >= 15 is 0 Å². The van der Waals surface area contributed by atoms with E-state index in [-0.39, 0.29) is 0 Å². The Morgan fingerprint density at radius 2 is 0.789 bits per heavy atom. The van der Waals surface area contributed by atoms with Crippen LogP contribution < -0.4 is 0 Å². The standard InChI is InChI=1S/C53H34N4/c1-3-13-35(14-4-1)36-25-29-41(30-26-36)51-54-52(56-53(55-51)57-48-24-10-9-21-46(48)47-34-33-38-17-7-8-20-45(38)50(47)57)42-31-27-39(28-32-42)44-23-12-19-40-18-11-22-43(49(40)44)37-15-5-2-6-16-37/h1-34H. The van der Waals surface area contributed by atoms with Crippen molar-refractivity contribution in [3.05, 3.63) is 206 Å². The highest BCUT2D eigenvalue weighted by Gasteiger charge is 2.20. The second-order valence-electron chi connectivity index (χ2n) is 14.4. The van der Waals surface area contributed by atoms with Crippen LogP contribution in [0, 0.1) is 0 Å². The van der Waals surface area contributed by atoms with Crippen molar-refractivity contribution in [1.29, 1.82) is 0 Å². The predicted octanol–water partition coefficient (Wildman–Crippen LogP) is 13.6. The van der Waals surface area contributed by atoms with E-state index in [2.05, 4.69) is 205 Å². The zero-order chi connectivity index (χ0) is 37.7. The summed E-state index contributed by atoms with van der Waals surface area (Å²) in [4.78, 5) is 15.7. The zero-order valence-corrected chi connectivity index (χ0v) is 30.9. The third kappa shape index (κ3) is 5.66. The van der Waals surface area contributed by atoms with E-state index in [9.17, 15) is 0 Å². The van der Waals surface area contributed by atoms with Gasteiger partial charge in [0.1, 0.15) is 0 Å². The van der Waals surface area contributed by atoms with Crippen molar-refractivity contribution in [3.8, 4) is 62.1 Å². The number of benzene rings is 9. The van der Waals surface area contributed by atoms with Gasteiger partial charge in [0.25, 0.3) is 0 Å². The van der Waals surface area contributed by atoms with E-state index in [0.717, 1.165) is 49.4 Å². The van der Waals surface area contributed by atoms with E-state index < -0.39 is 0 Å². The van der Waals surface area contributed by atoms with Crippen LogP contribution in [0.5, 0.6) is 0 Å². The van der Waals surface area contributed by atoms with Gasteiger partial charge in [-0.15, -0.1) is 0 Å². The van der Waals surface area contributed by atoms with Crippen LogP contribution in [0.1, 0.15) is 0 Å². The lowest BCUT2D eigenvalue weighted by molar-refractivity contribution is 0.955. The average Bonchev–Trinajstić information content (AvgIpc) is 3.64. The molecule has 11 aromatic rings. The predicted molar refractivity (Wildman–Crippen MR) is 236 cm³/mol. The molecule has 0 atom stereocenters. The summed E-state index contributed by atoms with van der Waals surface area (Å²) in [6.07, 6.45) is 0. The number of fused-ring (bicyclic) bond motifs is 6. The normalized spacial score (nSPS) is 11.5. The maximum Gasteiger partial charge on any atom is 0.238 e. The molecule has 0 aliphatic carbocycles. The summed E-state index contributed by atoms with van der Waals surface area (Å²) in [6, 6.07) is 72.8. The Labute approximate surface area is 330 Å². The lowest BCUT2D eigenvalue weighted by atomic mass is 9.91. The summed E-state index contributed by atoms with van der Waals surface area (Å²) in [7, 11) is 0. The molecular formula is C53H34N4. The molecule has 4 heteroatoms. The molecular weight excluding hydrogens is 693 g/mol. The van der Waals surface area contributed by atoms with Crippen LogP contribution in [0.15, 0.2) is 206 Å². The van der Waals surface area contributed by atoms with E-state index in [4.69, 9.17) is 15.0 Å². The molecule has 0 spiro atoms. The van der Waals surface area contributed by atoms with Crippen molar-refractivity contribution < 1.29 is 0 Å². The Kier molecular flexibility index (Phi) is 7.78. The Morgan fingerprint density at radius 3 is 1.46 bits per heavy atom. The summed E-state index contributed by atoms with van der Waals surface area (Å²) < 4.78 is 2.22. The first-order valence-corrected chi connectivity index (χ1v) is 19.3. The van der Waals surface area contributed by atoms with Crippen molar-refractivity contribution in [2.24, 2.45) is 0 Å². The molecule has 266 valence electrons. The minimum Gasteiger partial charge on any atom is -0.277 e. The van der Waals surface area contributed by atoms with E-state index in [1.807, 2.05) is 6.07 Å². The first-order valence-electron chi connectivity index (χ1n) is 19.3. The fraction of sp³-hybridized carbons (Fsp3) is 0. The van der Waals surface area contributed by atoms with Crippen LogP contribution in [0.4, 0.5) is 0 Å². The van der Waals surface area contributed by atoms with Crippen molar-refractivity contribution in [3.63, 3.8) is 0 Å². The first-order chi connectivity index (χ1) is 28.3. The molecule has 0 fully saturated rings. The van der Waals surface area contributed by atoms with Crippen molar-refractivity contribution in [2.75, 3.05) is 0 Å². The highest BCUT2D eigenvalue weighted by molar-refractivity contribution is 6.18. The van der Waals surface area contributed by atoms with Crippen LogP contribution in [-0.4, -0.2) is 19.5 Å². The molecule has 11 rings (SSSR count). The monoisotopic (exact) mass is 726 g/mol. The fourth-order valence-corrected chi connectivity index (χ4v) is 8.34. The summed E-state index contributed by atoms with van der Waals surface area (Å²) in [6.45, 7) is 0. The van der Waals surface area contributed by atoms with Crippen LogP contribution in [0.3, 0.4) is 0 Å². The maximum absolute atomic E-state index is 5.29. The molecule has 2 heterocycles. The van der Waals surface area contributed by atoms with Crippen molar-refractivity contribution in [1.82, 2.24) is 19.5 Å². The number of aromatic nitrogens is 4. The van der Waals surface area contributed by atoms with Gasteiger partial charge in [0.15, 0.2) is 11.6 Å². The SMILES string of the molecule is c1ccc(-c2ccc(-c3nc(-c4ccc(-c5cccc6cccc(-c7ccccc7)c56)cc4)nc(-n4c5ccccc5c5ccc6ccccc6c54)n3)cc2)cc1. The molecule has 0 amide bonds. The zero-order valence-electron chi connectivity index (χ0n) is 30.9. The van der Waals surface area contributed by atoms with Crippen molar-refractivity contribution >= 4 is 43.4 Å². The number of rotatable bonds is 6. The summed E-state index contributed by atoms with van der Waals surface area (Å²) in [5.41, 5.74) is 11.0. The number of nitrogens with zero attached hydrogens (tertiary/aromatic N) is 4. The molecule has 0 bridgehead atoms. The summed E-state index contributed by atoms with van der Waals surface area (Å²) >= 11 is 0. The third-order valence-corrected chi connectivity index (χ3v) is 11.1. The Hall–Kier alpha value is -7.69. The minimum absolute atomic E-state index is 0.579. The van der Waals surface area contributed by atoms with Gasteiger partial charge in [-0.1, -0.05) is 200 Å². The van der Waals surface area contributed by atoms with Gasteiger partial charge in [0, 0.05) is 27.3 Å². The van der Waals surface area contributed by atoms with Gasteiger partial charge < -0.3 is 0 Å². The number of hydrogen-bond acceptors (Lipinski definition) is 3. The minimum atomic E-state index is 0.579. The average molecular weight is 727 g/mol. The van der Waals surface area contributed by atoms with E-state index in [1.54, 1.807) is 0 Å². The highest BCUT2D eigenvalue weighted by Crippen LogP contribution is 2.39. The van der Waals surface area contributed by atoms with Gasteiger partial charge in [0.2, 0.25) is 5.95 Å². The smallest absolute Gasteiger partial charge is 0.238 e. The molecule has 0 unspecified atom stereocenters. The van der Waals surface area contributed by atoms with Gasteiger partial charge in [-0.25, -0.2) is 4.98 Å². The Bertz CT molecular complexity index is 3250. The fourth-order valence-electron chi connectivity index (χ4n) is 8.34. The Morgan fingerprint density at radius 1 is 0.298 bits per heavy atom. The van der Waals surface area contributed by atoms with Crippen LogP contribution in [0.25, 0.3) is 105 Å². The lowest BCUT2D eigenvalue weighted by Crippen LogP contribution is -2.06. The van der Waals surface area contributed by atoms with Crippen molar-refractivity contribution in [2.45, 2.75) is 0 Å². The summed E-state index contributed by atoms with van der Waals surface area (Å²) in [5, 5.41) is 7.08. The molecule has 4 nitrogen and oxygen atoms in total. The highest BCUT2D eigenvalue weighted by atomic mass is 15.2. The van der Waals surface area contributed by atoms with Gasteiger partial charge in [-0.2, -0.15) is 9.97 Å². The third-order valence-electron chi connectivity index (χ3n) is 11.1. The molecule has 0 saturated carbocycles. The topological polar surface area (TPSA) is 43.6 Å². The molecule has 2 aromatic heterocycles. The largest absolute Gasteiger partial charge is 0.277 e. The molecule has 0 radical (unpaired) electrons. The number of para-hydroxylation sites is 1. The summed E-state index contributed by atoms with van der Waals surface area (Å²) in [5.74, 6) is 1.81. The molecule has 0 aliphatic heterocycles. The van der Waals surface area contributed by atoms with Crippen LogP contribution >= 0.6 is 0 Å².